The number of benzene rings is 1. The van der Waals surface area contributed by atoms with Crippen molar-refractivity contribution >= 4 is 23.5 Å². The standard InChI is InChI=1S/C18H24N2O5/c1-2-3-8-14(18(23)24)20-16(21)12-6-4-7-13(11-12)19-17(22)15-9-5-10-25-15/h4,6-7,11,14-15H,2-3,5,8-10H2,1H3,(H,19,22)(H,20,21)(H,23,24). The molecule has 1 heterocycles. The molecule has 2 rings (SSSR count). The third kappa shape index (κ3) is 5.56. The number of carbonyl (C=O) groups excluding carboxylic acids is 2. The molecule has 2 atom stereocenters. The lowest BCUT2D eigenvalue weighted by atomic mass is 10.1. The zero-order valence-corrected chi connectivity index (χ0v) is 14.3. The first-order chi connectivity index (χ1) is 12.0. The van der Waals surface area contributed by atoms with E-state index in [1.54, 1.807) is 18.2 Å². The van der Waals surface area contributed by atoms with E-state index in [0.717, 1.165) is 12.8 Å². The normalized spacial score (nSPS) is 17.7. The van der Waals surface area contributed by atoms with Gasteiger partial charge in [0.05, 0.1) is 0 Å². The number of carboxylic acid groups (broad SMARTS) is 1. The lowest BCUT2D eigenvalue weighted by molar-refractivity contribution is -0.139. The third-order valence-electron chi connectivity index (χ3n) is 4.06. The number of carbonyl (C=O) groups is 3. The van der Waals surface area contributed by atoms with Gasteiger partial charge in [0.25, 0.3) is 11.8 Å². The highest BCUT2D eigenvalue weighted by Gasteiger charge is 2.24. The number of anilines is 1. The van der Waals surface area contributed by atoms with E-state index in [2.05, 4.69) is 10.6 Å². The highest BCUT2D eigenvalue weighted by atomic mass is 16.5. The Bertz CT molecular complexity index is 626. The van der Waals surface area contributed by atoms with E-state index < -0.39 is 24.0 Å². The predicted octanol–water partition coefficient (Wildman–Crippen LogP) is 2.18. The quantitative estimate of drug-likeness (QED) is 0.668. The number of hydrogen-bond donors (Lipinski definition) is 3. The average Bonchev–Trinajstić information content (AvgIpc) is 3.13. The molecule has 1 aliphatic rings. The minimum Gasteiger partial charge on any atom is -0.480 e. The smallest absolute Gasteiger partial charge is 0.326 e. The van der Waals surface area contributed by atoms with Gasteiger partial charge >= 0.3 is 5.97 Å². The first-order valence-electron chi connectivity index (χ1n) is 8.57. The van der Waals surface area contributed by atoms with Crippen molar-refractivity contribution in [1.29, 1.82) is 0 Å². The van der Waals surface area contributed by atoms with Crippen molar-refractivity contribution in [3.63, 3.8) is 0 Å². The molecule has 0 saturated carbocycles. The summed E-state index contributed by atoms with van der Waals surface area (Å²) in [5, 5.41) is 14.5. The Morgan fingerprint density at radius 1 is 1.36 bits per heavy atom. The highest BCUT2D eigenvalue weighted by molar-refractivity contribution is 5.99. The number of hydrogen-bond acceptors (Lipinski definition) is 4. The maximum absolute atomic E-state index is 12.3. The number of rotatable bonds is 8. The van der Waals surface area contributed by atoms with Gasteiger partial charge in [0.15, 0.2) is 0 Å². The summed E-state index contributed by atoms with van der Waals surface area (Å²) < 4.78 is 5.32. The van der Waals surface area contributed by atoms with Crippen molar-refractivity contribution in [2.45, 2.75) is 51.2 Å². The summed E-state index contributed by atoms with van der Waals surface area (Å²) in [6.07, 6.45) is 3.04. The molecule has 0 radical (unpaired) electrons. The molecule has 0 aliphatic carbocycles. The number of ether oxygens (including phenoxy) is 1. The van der Waals surface area contributed by atoms with Crippen molar-refractivity contribution in [2.24, 2.45) is 0 Å². The third-order valence-corrected chi connectivity index (χ3v) is 4.06. The van der Waals surface area contributed by atoms with Gasteiger partial charge in [-0.3, -0.25) is 9.59 Å². The molecule has 136 valence electrons. The minimum atomic E-state index is -1.05. The van der Waals surface area contributed by atoms with Gasteiger partial charge in [-0.1, -0.05) is 25.8 Å². The van der Waals surface area contributed by atoms with Crippen LogP contribution in [0.5, 0.6) is 0 Å². The van der Waals surface area contributed by atoms with E-state index in [1.807, 2.05) is 6.92 Å². The number of unbranched alkanes of at least 4 members (excludes halogenated alkanes) is 1. The Morgan fingerprint density at radius 2 is 2.16 bits per heavy atom. The van der Waals surface area contributed by atoms with Crippen molar-refractivity contribution < 1.29 is 24.2 Å². The van der Waals surface area contributed by atoms with E-state index in [0.29, 0.717) is 37.1 Å². The Morgan fingerprint density at radius 3 is 2.80 bits per heavy atom. The number of amides is 2. The lowest BCUT2D eigenvalue weighted by Gasteiger charge is -2.15. The summed E-state index contributed by atoms with van der Waals surface area (Å²) in [5.41, 5.74) is 0.779. The Balaban J connectivity index is 2.00. The van der Waals surface area contributed by atoms with E-state index in [1.165, 1.54) is 6.07 Å². The molecule has 1 aromatic carbocycles. The monoisotopic (exact) mass is 348 g/mol. The van der Waals surface area contributed by atoms with E-state index >= 15 is 0 Å². The largest absolute Gasteiger partial charge is 0.480 e. The van der Waals surface area contributed by atoms with E-state index in [9.17, 15) is 19.5 Å². The van der Waals surface area contributed by atoms with Crippen LogP contribution in [0.2, 0.25) is 0 Å². The molecule has 25 heavy (non-hydrogen) atoms. The molecule has 7 heteroatoms. The molecule has 1 saturated heterocycles. The molecular weight excluding hydrogens is 324 g/mol. The second kappa shape index (κ2) is 9.17. The van der Waals surface area contributed by atoms with Crippen LogP contribution < -0.4 is 10.6 Å². The number of carboxylic acids is 1. The molecule has 2 amide bonds. The van der Waals surface area contributed by atoms with E-state index in [-0.39, 0.29) is 5.91 Å². The van der Waals surface area contributed by atoms with Crippen molar-refractivity contribution in [2.75, 3.05) is 11.9 Å². The zero-order valence-electron chi connectivity index (χ0n) is 14.3. The van der Waals surface area contributed by atoms with Crippen LogP contribution in [0.15, 0.2) is 24.3 Å². The van der Waals surface area contributed by atoms with Gasteiger partial charge < -0.3 is 20.5 Å². The summed E-state index contributed by atoms with van der Waals surface area (Å²) in [6, 6.07) is 5.51. The second-order valence-corrected chi connectivity index (χ2v) is 6.08. The van der Waals surface area contributed by atoms with Gasteiger partial charge in [0.1, 0.15) is 12.1 Å². The lowest BCUT2D eigenvalue weighted by Crippen LogP contribution is -2.40. The van der Waals surface area contributed by atoms with Crippen molar-refractivity contribution in [3.05, 3.63) is 29.8 Å². The maximum Gasteiger partial charge on any atom is 0.326 e. The molecule has 0 aromatic heterocycles. The first kappa shape index (κ1) is 18.9. The highest BCUT2D eigenvalue weighted by Crippen LogP contribution is 2.16. The van der Waals surface area contributed by atoms with Gasteiger partial charge in [0.2, 0.25) is 0 Å². The Kier molecular flexibility index (Phi) is 6.94. The number of nitrogens with one attached hydrogen (secondary N) is 2. The van der Waals surface area contributed by atoms with Gasteiger partial charge in [-0.05, 0) is 37.5 Å². The first-order valence-corrected chi connectivity index (χ1v) is 8.57. The molecule has 1 aromatic rings. The summed E-state index contributed by atoms with van der Waals surface area (Å²) in [6.45, 7) is 2.54. The zero-order chi connectivity index (χ0) is 18.2. The van der Waals surface area contributed by atoms with Gasteiger partial charge in [0, 0.05) is 17.9 Å². The summed E-state index contributed by atoms with van der Waals surface area (Å²) in [5.74, 6) is -1.76. The summed E-state index contributed by atoms with van der Waals surface area (Å²) >= 11 is 0. The van der Waals surface area contributed by atoms with Crippen LogP contribution >= 0.6 is 0 Å². The Hall–Kier alpha value is -2.41. The fraction of sp³-hybridized carbons (Fsp3) is 0.500. The molecule has 0 bridgehead atoms. The molecule has 7 nitrogen and oxygen atoms in total. The molecule has 1 aliphatic heterocycles. The molecule has 1 fully saturated rings. The van der Waals surface area contributed by atoms with Gasteiger partial charge in [-0.15, -0.1) is 0 Å². The van der Waals surface area contributed by atoms with Crippen LogP contribution in [0.1, 0.15) is 49.4 Å². The Labute approximate surface area is 146 Å². The van der Waals surface area contributed by atoms with Crippen LogP contribution in [0.4, 0.5) is 5.69 Å². The van der Waals surface area contributed by atoms with Crippen molar-refractivity contribution in [3.8, 4) is 0 Å². The molecule has 2 unspecified atom stereocenters. The fourth-order valence-electron chi connectivity index (χ4n) is 2.65. The second-order valence-electron chi connectivity index (χ2n) is 6.08. The van der Waals surface area contributed by atoms with Crippen LogP contribution in [0.25, 0.3) is 0 Å². The van der Waals surface area contributed by atoms with E-state index in [4.69, 9.17) is 4.74 Å². The number of aliphatic carboxylic acids is 1. The molecule has 0 spiro atoms. The van der Waals surface area contributed by atoms with Crippen LogP contribution in [0, 0.1) is 0 Å². The fourth-order valence-corrected chi connectivity index (χ4v) is 2.65. The van der Waals surface area contributed by atoms with Crippen molar-refractivity contribution in [1.82, 2.24) is 5.32 Å². The minimum absolute atomic E-state index is 0.235. The topological polar surface area (TPSA) is 105 Å². The SMILES string of the molecule is CCCCC(NC(=O)c1cccc(NC(=O)C2CCCO2)c1)C(=O)O. The molecular formula is C18H24N2O5. The maximum atomic E-state index is 12.3. The summed E-state index contributed by atoms with van der Waals surface area (Å²) in [7, 11) is 0. The van der Waals surface area contributed by atoms with Crippen LogP contribution in [0.3, 0.4) is 0 Å². The van der Waals surface area contributed by atoms with Gasteiger partial charge in [-0.2, -0.15) is 0 Å². The van der Waals surface area contributed by atoms with Crippen LogP contribution in [-0.4, -0.2) is 41.6 Å². The summed E-state index contributed by atoms with van der Waals surface area (Å²) in [4.78, 5) is 35.6. The van der Waals surface area contributed by atoms with Gasteiger partial charge in [-0.25, -0.2) is 4.79 Å². The average molecular weight is 348 g/mol. The van der Waals surface area contributed by atoms with Crippen LogP contribution in [-0.2, 0) is 14.3 Å². The predicted molar refractivity (Wildman–Crippen MR) is 92.5 cm³/mol. The molecule has 3 N–H and O–H groups in total.